The fraction of sp³-hybridized carbons (Fsp3) is 0.333. The SMILES string of the molecule is COC(O)(CO)c1ccc(O)cc1. The van der Waals surface area contributed by atoms with E-state index in [0.29, 0.717) is 5.56 Å². The number of phenols is 1. The molecule has 0 aliphatic rings. The number of aliphatic hydroxyl groups excluding tert-OH is 1. The predicted octanol–water partition coefficient (Wildman–Crippen LogP) is 0.176. The van der Waals surface area contributed by atoms with Gasteiger partial charge >= 0.3 is 0 Å². The number of ether oxygens (including phenoxy) is 1. The Hall–Kier alpha value is -1.10. The molecule has 1 aromatic rings. The van der Waals surface area contributed by atoms with Crippen LogP contribution in [0.1, 0.15) is 5.56 Å². The molecule has 1 atom stereocenters. The van der Waals surface area contributed by atoms with Crippen molar-refractivity contribution in [2.45, 2.75) is 5.79 Å². The van der Waals surface area contributed by atoms with Crippen LogP contribution < -0.4 is 0 Å². The van der Waals surface area contributed by atoms with Crippen molar-refractivity contribution in [3.63, 3.8) is 0 Å². The van der Waals surface area contributed by atoms with Crippen molar-refractivity contribution in [1.82, 2.24) is 0 Å². The molecule has 0 amide bonds. The highest BCUT2D eigenvalue weighted by molar-refractivity contribution is 5.28. The van der Waals surface area contributed by atoms with Crippen LogP contribution in [0.15, 0.2) is 24.3 Å². The van der Waals surface area contributed by atoms with Crippen molar-refractivity contribution < 1.29 is 20.1 Å². The van der Waals surface area contributed by atoms with Crippen LogP contribution in [0.4, 0.5) is 0 Å². The van der Waals surface area contributed by atoms with Crippen LogP contribution in [0, 0.1) is 0 Å². The molecular weight excluding hydrogens is 172 g/mol. The molecule has 0 aromatic heterocycles. The van der Waals surface area contributed by atoms with E-state index >= 15 is 0 Å². The number of aliphatic hydroxyl groups is 2. The topological polar surface area (TPSA) is 69.9 Å². The molecule has 0 bridgehead atoms. The first-order valence-electron chi connectivity index (χ1n) is 3.80. The number of methoxy groups -OCH3 is 1. The van der Waals surface area contributed by atoms with Gasteiger partial charge in [-0.05, 0) is 24.3 Å². The van der Waals surface area contributed by atoms with Gasteiger partial charge < -0.3 is 20.1 Å². The minimum Gasteiger partial charge on any atom is -0.508 e. The predicted molar refractivity (Wildman–Crippen MR) is 46.1 cm³/mol. The summed E-state index contributed by atoms with van der Waals surface area (Å²) in [5.41, 5.74) is 0.398. The quantitative estimate of drug-likeness (QED) is 0.586. The summed E-state index contributed by atoms with van der Waals surface area (Å²) in [6, 6.07) is 5.79. The van der Waals surface area contributed by atoms with E-state index in [1.807, 2.05) is 0 Å². The second-order valence-corrected chi connectivity index (χ2v) is 2.69. The van der Waals surface area contributed by atoms with E-state index in [1.165, 1.54) is 31.4 Å². The molecule has 3 N–H and O–H groups in total. The first kappa shape index (κ1) is 9.98. The first-order chi connectivity index (χ1) is 6.12. The Kier molecular flexibility index (Phi) is 2.87. The highest BCUT2D eigenvalue weighted by atomic mass is 16.6. The lowest BCUT2D eigenvalue weighted by Crippen LogP contribution is -2.32. The molecule has 1 unspecified atom stereocenters. The molecule has 0 spiro atoms. The third-order valence-corrected chi connectivity index (χ3v) is 1.87. The summed E-state index contributed by atoms with van der Waals surface area (Å²) in [5.74, 6) is -1.59. The largest absolute Gasteiger partial charge is 0.508 e. The molecule has 1 aromatic carbocycles. The van der Waals surface area contributed by atoms with Crippen molar-refractivity contribution >= 4 is 0 Å². The van der Waals surface area contributed by atoms with Crippen LogP contribution in [-0.4, -0.2) is 29.0 Å². The van der Waals surface area contributed by atoms with Crippen LogP contribution in [0.2, 0.25) is 0 Å². The average molecular weight is 184 g/mol. The van der Waals surface area contributed by atoms with Gasteiger partial charge in [-0.3, -0.25) is 0 Å². The number of aromatic hydroxyl groups is 1. The van der Waals surface area contributed by atoms with Crippen molar-refractivity contribution in [3.8, 4) is 5.75 Å². The van der Waals surface area contributed by atoms with Gasteiger partial charge in [0.15, 0.2) is 0 Å². The van der Waals surface area contributed by atoms with Crippen LogP contribution in [0.5, 0.6) is 5.75 Å². The van der Waals surface area contributed by atoms with Crippen LogP contribution in [0.25, 0.3) is 0 Å². The van der Waals surface area contributed by atoms with Crippen molar-refractivity contribution in [2.75, 3.05) is 13.7 Å². The Morgan fingerprint density at radius 2 is 1.85 bits per heavy atom. The second kappa shape index (κ2) is 3.74. The van der Waals surface area contributed by atoms with Crippen LogP contribution in [0.3, 0.4) is 0 Å². The fourth-order valence-corrected chi connectivity index (χ4v) is 0.996. The van der Waals surface area contributed by atoms with Gasteiger partial charge in [0.2, 0.25) is 5.79 Å². The Morgan fingerprint density at radius 1 is 1.31 bits per heavy atom. The number of hydrogen-bond acceptors (Lipinski definition) is 4. The van der Waals surface area contributed by atoms with Crippen molar-refractivity contribution in [3.05, 3.63) is 29.8 Å². The highest BCUT2D eigenvalue weighted by Gasteiger charge is 2.27. The number of rotatable bonds is 3. The monoisotopic (exact) mass is 184 g/mol. The lowest BCUT2D eigenvalue weighted by molar-refractivity contribution is -0.216. The summed E-state index contributed by atoms with van der Waals surface area (Å²) < 4.78 is 4.74. The van der Waals surface area contributed by atoms with Crippen molar-refractivity contribution in [2.24, 2.45) is 0 Å². The summed E-state index contributed by atoms with van der Waals surface area (Å²) in [6.07, 6.45) is 0. The Balaban J connectivity index is 2.99. The molecule has 0 aliphatic carbocycles. The molecule has 4 nitrogen and oxygen atoms in total. The van der Waals surface area contributed by atoms with Gasteiger partial charge in [-0.25, -0.2) is 0 Å². The van der Waals surface area contributed by atoms with E-state index in [4.69, 9.17) is 14.9 Å². The van der Waals surface area contributed by atoms with E-state index in [9.17, 15) is 5.11 Å². The van der Waals surface area contributed by atoms with Gasteiger partial charge in [0.05, 0.1) is 0 Å². The summed E-state index contributed by atoms with van der Waals surface area (Å²) in [4.78, 5) is 0. The molecule has 0 radical (unpaired) electrons. The Labute approximate surface area is 76.0 Å². The zero-order chi connectivity index (χ0) is 9.90. The maximum Gasteiger partial charge on any atom is 0.216 e. The second-order valence-electron chi connectivity index (χ2n) is 2.69. The zero-order valence-electron chi connectivity index (χ0n) is 7.27. The number of hydrogen-bond donors (Lipinski definition) is 3. The summed E-state index contributed by atoms with van der Waals surface area (Å²) in [5, 5.41) is 27.5. The molecule has 13 heavy (non-hydrogen) atoms. The van der Waals surface area contributed by atoms with E-state index in [1.54, 1.807) is 0 Å². The van der Waals surface area contributed by atoms with Crippen LogP contribution in [-0.2, 0) is 10.5 Å². The zero-order valence-corrected chi connectivity index (χ0v) is 7.27. The molecule has 0 saturated carbocycles. The third kappa shape index (κ3) is 1.98. The van der Waals surface area contributed by atoms with E-state index < -0.39 is 12.4 Å². The van der Waals surface area contributed by atoms with E-state index in [-0.39, 0.29) is 5.75 Å². The van der Waals surface area contributed by atoms with E-state index in [0.717, 1.165) is 0 Å². The maximum atomic E-state index is 9.64. The van der Waals surface area contributed by atoms with Gasteiger partial charge in [-0.2, -0.15) is 0 Å². The lowest BCUT2D eigenvalue weighted by atomic mass is 10.1. The molecule has 0 fully saturated rings. The number of benzene rings is 1. The molecule has 0 heterocycles. The lowest BCUT2D eigenvalue weighted by Gasteiger charge is -2.24. The third-order valence-electron chi connectivity index (χ3n) is 1.87. The Morgan fingerprint density at radius 3 is 2.23 bits per heavy atom. The molecular formula is C9H12O4. The maximum absolute atomic E-state index is 9.64. The smallest absolute Gasteiger partial charge is 0.216 e. The minimum atomic E-state index is -1.69. The molecule has 1 rings (SSSR count). The molecule has 72 valence electrons. The average Bonchev–Trinajstić information content (AvgIpc) is 2.18. The van der Waals surface area contributed by atoms with E-state index in [2.05, 4.69) is 0 Å². The summed E-state index contributed by atoms with van der Waals surface area (Å²) in [7, 11) is 1.29. The van der Waals surface area contributed by atoms with Gasteiger partial charge in [-0.1, -0.05) is 0 Å². The Bertz CT molecular complexity index is 263. The molecule has 0 saturated heterocycles. The van der Waals surface area contributed by atoms with Gasteiger partial charge in [0.25, 0.3) is 0 Å². The highest BCUT2D eigenvalue weighted by Crippen LogP contribution is 2.22. The van der Waals surface area contributed by atoms with Gasteiger partial charge in [0.1, 0.15) is 12.4 Å². The van der Waals surface area contributed by atoms with Crippen LogP contribution >= 0.6 is 0 Å². The standard InChI is InChI=1S/C9H12O4/c1-13-9(12,6-10)7-2-4-8(11)5-3-7/h2-5,10-12H,6H2,1H3. The molecule has 0 aliphatic heterocycles. The fourth-order valence-electron chi connectivity index (χ4n) is 0.996. The summed E-state index contributed by atoms with van der Waals surface area (Å²) in [6.45, 7) is -0.533. The normalized spacial score (nSPS) is 15.3. The van der Waals surface area contributed by atoms with Crippen molar-refractivity contribution in [1.29, 1.82) is 0 Å². The minimum absolute atomic E-state index is 0.0974. The van der Waals surface area contributed by atoms with Gasteiger partial charge in [-0.15, -0.1) is 0 Å². The molecule has 4 heteroatoms. The number of phenolic OH excluding ortho intramolecular Hbond substituents is 1. The van der Waals surface area contributed by atoms with Gasteiger partial charge in [0, 0.05) is 12.7 Å². The first-order valence-corrected chi connectivity index (χ1v) is 3.80. The summed E-state index contributed by atoms with van der Waals surface area (Å²) >= 11 is 0.